The van der Waals surface area contributed by atoms with E-state index in [1.165, 1.54) is 4.88 Å². The van der Waals surface area contributed by atoms with Crippen LogP contribution in [-0.2, 0) is 13.0 Å². The van der Waals surface area contributed by atoms with E-state index in [9.17, 15) is 4.79 Å². The fraction of sp³-hybridized carbons (Fsp3) is 0.333. The molecule has 0 aliphatic heterocycles. The van der Waals surface area contributed by atoms with E-state index in [-0.39, 0.29) is 5.91 Å². The average Bonchev–Trinajstić information content (AvgIpc) is 2.93. The van der Waals surface area contributed by atoms with Gasteiger partial charge in [0.15, 0.2) is 0 Å². The van der Waals surface area contributed by atoms with Crippen LogP contribution in [0.15, 0.2) is 24.4 Å². The fourth-order valence-corrected chi connectivity index (χ4v) is 2.71. The van der Waals surface area contributed by atoms with Crippen molar-refractivity contribution in [2.75, 3.05) is 12.3 Å². The Morgan fingerprint density at radius 2 is 2.24 bits per heavy atom. The van der Waals surface area contributed by atoms with Gasteiger partial charge < -0.3 is 15.8 Å². The molecule has 0 radical (unpaired) electrons. The molecule has 0 spiro atoms. The largest absolute Gasteiger partial charge is 0.493 e. The number of ether oxygens (including phenoxy) is 1. The van der Waals surface area contributed by atoms with Gasteiger partial charge in [0.05, 0.1) is 13.2 Å². The van der Waals surface area contributed by atoms with Crippen molar-refractivity contribution in [3.63, 3.8) is 0 Å². The number of benzene rings is 1. The lowest BCUT2D eigenvalue weighted by molar-refractivity contribution is 0.0948. The summed E-state index contributed by atoms with van der Waals surface area (Å²) in [5, 5.41) is 3.72. The minimum Gasteiger partial charge on any atom is -0.493 e. The number of nitrogens with zero attached hydrogens (tertiary/aromatic N) is 1. The van der Waals surface area contributed by atoms with Crippen LogP contribution in [0.4, 0.5) is 5.69 Å². The van der Waals surface area contributed by atoms with E-state index < -0.39 is 0 Å². The monoisotopic (exact) mass is 305 g/mol. The van der Waals surface area contributed by atoms with Crippen molar-refractivity contribution in [3.8, 4) is 5.75 Å². The number of aryl methyl sites for hydroxylation is 1. The number of amides is 1. The zero-order valence-electron chi connectivity index (χ0n) is 12.2. The Bertz CT molecular complexity index is 625. The van der Waals surface area contributed by atoms with E-state index >= 15 is 0 Å². The molecule has 1 heterocycles. The summed E-state index contributed by atoms with van der Waals surface area (Å²) in [6.45, 7) is 4.82. The van der Waals surface area contributed by atoms with Crippen molar-refractivity contribution in [1.82, 2.24) is 10.3 Å². The molecule has 112 valence electrons. The first-order valence-electron chi connectivity index (χ1n) is 6.88. The lowest BCUT2D eigenvalue weighted by atomic mass is 10.1. The third-order valence-electron chi connectivity index (χ3n) is 2.94. The second kappa shape index (κ2) is 7.08. The second-order valence-electron chi connectivity index (χ2n) is 4.41. The van der Waals surface area contributed by atoms with Gasteiger partial charge in [-0.05, 0) is 25.5 Å². The normalized spacial score (nSPS) is 10.4. The van der Waals surface area contributed by atoms with Crippen molar-refractivity contribution >= 4 is 22.9 Å². The number of thiazole rings is 1. The molecule has 1 aromatic heterocycles. The van der Waals surface area contributed by atoms with Crippen LogP contribution < -0.4 is 15.8 Å². The summed E-state index contributed by atoms with van der Waals surface area (Å²) in [7, 11) is 0. The van der Waals surface area contributed by atoms with Gasteiger partial charge in [-0.3, -0.25) is 4.79 Å². The second-order valence-corrected chi connectivity index (χ2v) is 5.61. The van der Waals surface area contributed by atoms with Gasteiger partial charge in [-0.2, -0.15) is 0 Å². The summed E-state index contributed by atoms with van der Waals surface area (Å²) in [4.78, 5) is 17.8. The van der Waals surface area contributed by atoms with Gasteiger partial charge in [0.2, 0.25) is 0 Å². The zero-order valence-corrected chi connectivity index (χ0v) is 13.0. The van der Waals surface area contributed by atoms with Gasteiger partial charge >= 0.3 is 0 Å². The number of hydrogen-bond acceptors (Lipinski definition) is 5. The SMILES string of the molecule is CCOc1cccc(N)c1C(=O)NCc1ncc(CC)s1. The summed E-state index contributed by atoms with van der Waals surface area (Å²) < 4.78 is 5.46. The molecule has 0 bridgehead atoms. The number of rotatable bonds is 6. The molecule has 3 N–H and O–H groups in total. The van der Waals surface area contributed by atoms with Gasteiger partial charge in [-0.1, -0.05) is 13.0 Å². The third kappa shape index (κ3) is 3.72. The molecule has 2 aromatic rings. The highest BCUT2D eigenvalue weighted by Crippen LogP contribution is 2.24. The van der Waals surface area contributed by atoms with Crippen LogP contribution in [0.2, 0.25) is 0 Å². The summed E-state index contributed by atoms with van der Waals surface area (Å²) in [5.41, 5.74) is 6.68. The Balaban J connectivity index is 2.09. The molecule has 2 rings (SSSR count). The van der Waals surface area contributed by atoms with E-state index in [0.29, 0.717) is 30.2 Å². The van der Waals surface area contributed by atoms with E-state index in [4.69, 9.17) is 10.5 Å². The minimum atomic E-state index is -0.246. The number of anilines is 1. The van der Waals surface area contributed by atoms with Crippen LogP contribution in [0.1, 0.15) is 34.1 Å². The van der Waals surface area contributed by atoms with Crippen LogP contribution in [-0.4, -0.2) is 17.5 Å². The third-order valence-corrected chi connectivity index (χ3v) is 4.08. The first-order chi connectivity index (χ1) is 10.2. The molecule has 0 atom stereocenters. The lowest BCUT2D eigenvalue weighted by Crippen LogP contribution is -2.24. The highest BCUT2D eigenvalue weighted by molar-refractivity contribution is 7.11. The molecule has 0 unspecified atom stereocenters. The summed E-state index contributed by atoms with van der Waals surface area (Å²) in [5.74, 6) is 0.258. The number of carbonyl (C=O) groups is 1. The molecule has 21 heavy (non-hydrogen) atoms. The molecule has 0 aliphatic rings. The zero-order chi connectivity index (χ0) is 15.2. The van der Waals surface area contributed by atoms with Gasteiger partial charge in [-0.15, -0.1) is 11.3 Å². The van der Waals surface area contributed by atoms with E-state index in [1.54, 1.807) is 29.5 Å². The summed E-state index contributed by atoms with van der Waals surface area (Å²) in [6, 6.07) is 5.20. The van der Waals surface area contributed by atoms with Crippen LogP contribution in [0, 0.1) is 0 Å². The number of nitrogens with one attached hydrogen (secondary N) is 1. The summed E-state index contributed by atoms with van der Waals surface area (Å²) in [6.07, 6.45) is 2.79. The van der Waals surface area contributed by atoms with Gasteiger partial charge in [0.1, 0.15) is 16.3 Å². The van der Waals surface area contributed by atoms with Crippen LogP contribution in [0.3, 0.4) is 0 Å². The average molecular weight is 305 g/mol. The van der Waals surface area contributed by atoms with E-state index in [1.807, 2.05) is 13.1 Å². The van der Waals surface area contributed by atoms with Crippen molar-refractivity contribution in [3.05, 3.63) is 39.8 Å². The minimum absolute atomic E-state index is 0.246. The van der Waals surface area contributed by atoms with Gasteiger partial charge in [-0.25, -0.2) is 4.98 Å². The standard InChI is InChI=1S/C15H19N3O2S/c1-3-10-8-17-13(21-10)9-18-15(19)14-11(16)6-5-7-12(14)20-4-2/h5-8H,3-4,9,16H2,1-2H3,(H,18,19). The van der Waals surface area contributed by atoms with Crippen LogP contribution in [0.25, 0.3) is 0 Å². The molecule has 6 heteroatoms. The van der Waals surface area contributed by atoms with Crippen molar-refractivity contribution in [2.24, 2.45) is 0 Å². The van der Waals surface area contributed by atoms with Crippen LogP contribution in [0.5, 0.6) is 5.75 Å². The fourth-order valence-electron chi connectivity index (χ4n) is 1.90. The molecule has 1 amide bonds. The maximum absolute atomic E-state index is 12.3. The number of nitrogen functional groups attached to an aromatic ring is 1. The quantitative estimate of drug-likeness (QED) is 0.804. The predicted octanol–water partition coefficient (Wildman–Crippen LogP) is 2.62. The first-order valence-corrected chi connectivity index (χ1v) is 7.70. The van der Waals surface area contributed by atoms with Crippen LogP contribution >= 0.6 is 11.3 Å². The Labute approximate surface area is 128 Å². The molecular weight excluding hydrogens is 286 g/mol. The number of nitrogens with two attached hydrogens (primary N) is 1. The topological polar surface area (TPSA) is 77.2 Å². The van der Waals surface area contributed by atoms with Crippen molar-refractivity contribution in [2.45, 2.75) is 26.8 Å². The lowest BCUT2D eigenvalue weighted by Gasteiger charge is -2.12. The van der Waals surface area contributed by atoms with Gasteiger partial charge in [0, 0.05) is 16.8 Å². The summed E-state index contributed by atoms with van der Waals surface area (Å²) >= 11 is 1.60. The molecule has 5 nitrogen and oxygen atoms in total. The Hall–Kier alpha value is -2.08. The smallest absolute Gasteiger partial charge is 0.257 e. The van der Waals surface area contributed by atoms with Crippen molar-refractivity contribution < 1.29 is 9.53 Å². The molecular formula is C15H19N3O2S. The highest BCUT2D eigenvalue weighted by atomic mass is 32.1. The number of carbonyl (C=O) groups excluding carboxylic acids is 1. The Morgan fingerprint density at radius 3 is 2.90 bits per heavy atom. The number of hydrogen-bond donors (Lipinski definition) is 2. The van der Waals surface area contributed by atoms with E-state index in [2.05, 4.69) is 17.2 Å². The highest BCUT2D eigenvalue weighted by Gasteiger charge is 2.16. The maximum Gasteiger partial charge on any atom is 0.257 e. The van der Waals surface area contributed by atoms with Gasteiger partial charge in [0.25, 0.3) is 5.91 Å². The molecule has 1 aromatic carbocycles. The molecule has 0 aliphatic carbocycles. The predicted molar refractivity (Wildman–Crippen MR) is 84.7 cm³/mol. The molecule has 0 saturated carbocycles. The number of aromatic nitrogens is 1. The Morgan fingerprint density at radius 1 is 1.43 bits per heavy atom. The maximum atomic E-state index is 12.3. The first kappa shape index (κ1) is 15.3. The Kier molecular flexibility index (Phi) is 5.16. The molecule has 0 saturated heterocycles. The van der Waals surface area contributed by atoms with Crippen molar-refractivity contribution in [1.29, 1.82) is 0 Å². The molecule has 0 fully saturated rings. The van der Waals surface area contributed by atoms with E-state index in [0.717, 1.165) is 11.4 Å².